The van der Waals surface area contributed by atoms with Crippen LogP contribution in [-0.2, 0) is 19.1 Å². The highest BCUT2D eigenvalue weighted by Gasteiger charge is 2.39. The lowest BCUT2D eigenvalue weighted by Gasteiger charge is -2.33. The lowest BCUT2D eigenvalue weighted by molar-refractivity contribution is -0.149. The molecule has 0 radical (unpaired) electrons. The number of hydrogen-bond acceptors (Lipinski definition) is 5. The van der Waals surface area contributed by atoms with Gasteiger partial charge in [0, 0.05) is 38.1 Å². The van der Waals surface area contributed by atoms with Crippen LogP contribution >= 0.6 is 0 Å². The van der Waals surface area contributed by atoms with Crippen LogP contribution in [0.15, 0.2) is 48.5 Å². The van der Waals surface area contributed by atoms with Crippen molar-refractivity contribution in [1.29, 1.82) is 0 Å². The molecule has 0 saturated carbocycles. The van der Waals surface area contributed by atoms with E-state index in [0.717, 1.165) is 11.1 Å². The molecule has 8 heteroatoms. The molecule has 0 unspecified atom stereocenters. The van der Waals surface area contributed by atoms with Crippen molar-refractivity contribution in [3.8, 4) is 11.1 Å². The SMILES string of the molecule is O=C(NC[C@H]1CCO[C@H]1C(=O)N1CCC(C(=O)O)CC1)OCC1c2ccccc2-c2ccccc21. The standard InChI is InChI=1S/C27H30N2O6/c30-25(29-12-9-17(10-13-29)26(31)32)24-18(11-14-34-24)15-28-27(33)35-16-23-21-7-3-1-5-19(21)20-6-2-4-8-22(20)23/h1-8,17-18,23-24H,9-16H2,(H,28,33)(H,31,32)/t18-,24-/m1/s1. The molecule has 8 nitrogen and oxygen atoms in total. The van der Waals surface area contributed by atoms with Gasteiger partial charge in [-0.25, -0.2) is 4.79 Å². The topological polar surface area (TPSA) is 105 Å². The van der Waals surface area contributed by atoms with E-state index < -0.39 is 24.1 Å². The van der Waals surface area contributed by atoms with Crippen LogP contribution in [0.1, 0.15) is 36.3 Å². The van der Waals surface area contributed by atoms with Crippen LogP contribution in [-0.4, -0.2) is 66.9 Å². The van der Waals surface area contributed by atoms with Crippen LogP contribution in [0, 0.1) is 11.8 Å². The molecule has 5 rings (SSSR count). The Kier molecular flexibility index (Phi) is 6.72. The molecule has 184 valence electrons. The molecule has 2 N–H and O–H groups in total. The minimum absolute atomic E-state index is 0.00831. The predicted octanol–water partition coefficient (Wildman–Crippen LogP) is 3.25. The van der Waals surface area contributed by atoms with E-state index in [2.05, 4.69) is 29.6 Å². The van der Waals surface area contributed by atoms with Gasteiger partial charge in [-0.1, -0.05) is 48.5 Å². The number of amides is 2. The molecule has 1 aliphatic carbocycles. The van der Waals surface area contributed by atoms with Gasteiger partial charge in [-0.2, -0.15) is 0 Å². The second kappa shape index (κ2) is 10.1. The highest BCUT2D eigenvalue weighted by Crippen LogP contribution is 2.44. The van der Waals surface area contributed by atoms with Gasteiger partial charge < -0.3 is 24.8 Å². The summed E-state index contributed by atoms with van der Waals surface area (Å²) in [5, 5.41) is 12.0. The average molecular weight is 479 g/mol. The number of ether oxygens (including phenoxy) is 2. The number of nitrogens with one attached hydrogen (secondary N) is 1. The number of piperidine rings is 1. The van der Waals surface area contributed by atoms with E-state index in [1.165, 1.54) is 11.1 Å². The Morgan fingerprint density at radius 3 is 2.23 bits per heavy atom. The number of carbonyl (C=O) groups is 3. The van der Waals surface area contributed by atoms with Crippen molar-refractivity contribution in [2.75, 3.05) is 32.8 Å². The molecule has 0 spiro atoms. The molecule has 2 saturated heterocycles. The molecule has 2 fully saturated rings. The number of carboxylic acid groups (broad SMARTS) is 1. The largest absolute Gasteiger partial charge is 0.481 e. The van der Waals surface area contributed by atoms with Crippen molar-refractivity contribution in [2.45, 2.75) is 31.3 Å². The zero-order valence-electron chi connectivity index (χ0n) is 19.5. The fraction of sp³-hybridized carbons (Fsp3) is 0.444. The molecule has 35 heavy (non-hydrogen) atoms. The number of likely N-dealkylation sites (tertiary alicyclic amines) is 1. The third kappa shape index (κ3) is 4.75. The highest BCUT2D eigenvalue weighted by atomic mass is 16.5. The normalized spacial score (nSPS) is 21.9. The van der Waals surface area contributed by atoms with Gasteiger partial charge in [-0.05, 0) is 41.5 Å². The first kappa shape index (κ1) is 23.4. The fourth-order valence-corrected chi connectivity index (χ4v) is 5.51. The van der Waals surface area contributed by atoms with E-state index in [9.17, 15) is 14.4 Å². The summed E-state index contributed by atoms with van der Waals surface area (Å²) in [6, 6.07) is 16.4. The Labute approximate surface area is 204 Å². The molecule has 0 aromatic heterocycles. The lowest BCUT2D eigenvalue weighted by Crippen LogP contribution is -2.48. The number of carbonyl (C=O) groups excluding carboxylic acids is 2. The average Bonchev–Trinajstić information content (AvgIpc) is 3.48. The van der Waals surface area contributed by atoms with Crippen LogP contribution in [0.4, 0.5) is 4.79 Å². The number of alkyl carbamates (subject to hydrolysis) is 1. The first-order valence-electron chi connectivity index (χ1n) is 12.2. The van der Waals surface area contributed by atoms with E-state index in [-0.39, 0.29) is 24.3 Å². The Morgan fingerprint density at radius 2 is 1.60 bits per heavy atom. The Balaban J connectivity index is 1.13. The van der Waals surface area contributed by atoms with Gasteiger partial charge in [0.05, 0.1) is 5.92 Å². The molecule has 2 aromatic rings. The van der Waals surface area contributed by atoms with Crippen molar-refractivity contribution in [3.63, 3.8) is 0 Å². The van der Waals surface area contributed by atoms with Crippen molar-refractivity contribution < 1.29 is 29.0 Å². The zero-order chi connectivity index (χ0) is 24.4. The molecular weight excluding hydrogens is 448 g/mol. The zero-order valence-corrected chi connectivity index (χ0v) is 19.5. The highest BCUT2D eigenvalue weighted by molar-refractivity contribution is 5.82. The summed E-state index contributed by atoms with van der Waals surface area (Å²) in [5.41, 5.74) is 4.66. The smallest absolute Gasteiger partial charge is 0.407 e. The Hall–Kier alpha value is -3.39. The number of fused-ring (bicyclic) bond motifs is 3. The second-order valence-corrected chi connectivity index (χ2v) is 9.48. The van der Waals surface area contributed by atoms with Gasteiger partial charge in [0.25, 0.3) is 5.91 Å². The summed E-state index contributed by atoms with van der Waals surface area (Å²) < 4.78 is 11.3. The van der Waals surface area contributed by atoms with Crippen LogP contribution < -0.4 is 5.32 Å². The summed E-state index contributed by atoms with van der Waals surface area (Å²) in [7, 11) is 0. The first-order chi connectivity index (χ1) is 17.0. The molecule has 2 heterocycles. The van der Waals surface area contributed by atoms with E-state index >= 15 is 0 Å². The van der Waals surface area contributed by atoms with E-state index in [1.54, 1.807) is 4.90 Å². The van der Waals surface area contributed by atoms with Crippen LogP contribution in [0.3, 0.4) is 0 Å². The van der Waals surface area contributed by atoms with Crippen molar-refractivity contribution in [2.24, 2.45) is 11.8 Å². The molecule has 0 bridgehead atoms. The second-order valence-electron chi connectivity index (χ2n) is 9.48. The van der Waals surface area contributed by atoms with Gasteiger partial charge in [0.15, 0.2) is 0 Å². The van der Waals surface area contributed by atoms with Gasteiger partial charge >= 0.3 is 12.1 Å². The summed E-state index contributed by atoms with van der Waals surface area (Å²) >= 11 is 0. The number of aliphatic carboxylic acids is 1. The number of nitrogens with zero attached hydrogens (tertiary/aromatic N) is 1. The summed E-state index contributed by atoms with van der Waals surface area (Å²) in [5.74, 6) is -1.47. The van der Waals surface area contributed by atoms with E-state index in [0.29, 0.717) is 45.5 Å². The maximum Gasteiger partial charge on any atom is 0.407 e. The van der Waals surface area contributed by atoms with Crippen molar-refractivity contribution >= 4 is 18.0 Å². The molecule has 3 aliphatic rings. The van der Waals surface area contributed by atoms with Gasteiger partial charge in [0.2, 0.25) is 0 Å². The summed E-state index contributed by atoms with van der Waals surface area (Å²) in [6.45, 7) is 1.82. The molecule has 2 atom stereocenters. The van der Waals surface area contributed by atoms with Crippen molar-refractivity contribution in [1.82, 2.24) is 10.2 Å². The predicted molar refractivity (Wildman–Crippen MR) is 128 cm³/mol. The summed E-state index contributed by atoms with van der Waals surface area (Å²) in [4.78, 5) is 38.4. The lowest BCUT2D eigenvalue weighted by atomic mass is 9.95. The molecule has 2 amide bonds. The quantitative estimate of drug-likeness (QED) is 0.660. The Morgan fingerprint density at radius 1 is 0.971 bits per heavy atom. The minimum Gasteiger partial charge on any atom is -0.481 e. The minimum atomic E-state index is -0.806. The number of hydrogen-bond donors (Lipinski definition) is 2. The third-order valence-corrected chi connectivity index (χ3v) is 7.47. The van der Waals surface area contributed by atoms with Gasteiger partial charge in [0.1, 0.15) is 12.7 Å². The maximum absolute atomic E-state index is 13.0. The van der Waals surface area contributed by atoms with Crippen LogP contribution in [0.25, 0.3) is 11.1 Å². The van der Waals surface area contributed by atoms with E-state index in [4.69, 9.17) is 14.6 Å². The molecule has 2 aliphatic heterocycles. The van der Waals surface area contributed by atoms with Gasteiger partial charge in [-0.15, -0.1) is 0 Å². The number of rotatable bonds is 6. The van der Waals surface area contributed by atoms with Crippen molar-refractivity contribution in [3.05, 3.63) is 59.7 Å². The molecular formula is C27H30N2O6. The first-order valence-corrected chi connectivity index (χ1v) is 12.2. The van der Waals surface area contributed by atoms with E-state index in [1.807, 2.05) is 24.3 Å². The number of carboxylic acids is 1. The fourth-order valence-electron chi connectivity index (χ4n) is 5.51. The summed E-state index contributed by atoms with van der Waals surface area (Å²) in [6.07, 6.45) is 0.455. The molecule has 2 aromatic carbocycles. The van der Waals surface area contributed by atoms with Gasteiger partial charge in [-0.3, -0.25) is 9.59 Å². The number of benzene rings is 2. The third-order valence-electron chi connectivity index (χ3n) is 7.47. The maximum atomic E-state index is 13.0. The Bertz CT molecular complexity index is 1060. The van der Waals surface area contributed by atoms with Crippen LogP contribution in [0.2, 0.25) is 0 Å². The monoisotopic (exact) mass is 478 g/mol. The van der Waals surface area contributed by atoms with Crippen LogP contribution in [0.5, 0.6) is 0 Å².